The molecule has 9 heteroatoms. The topological polar surface area (TPSA) is 140 Å². The molecule has 1 saturated heterocycles. The highest BCUT2D eigenvalue weighted by molar-refractivity contribution is 5.75. The van der Waals surface area contributed by atoms with E-state index in [1.807, 2.05) is 0 Å². The van der Waals surface area contributed by atoms with Crippen molar-refractivity contribution in [1.29, 1.82) is 5.41 Å². The smallest absolute Gasteiger partial charge is 0.156 e. The van der Waals surface area contributed by atoms with Crippen LogP contribution in [0.4, 0.5) is 0 Å². The van der Waals surface area contributed by atoms with Crippen molar-refractivity contribution in [2.45, 2.75) is 24.4 Å². The summed E-state index contributed by atoms with van der Waals surface area (Å²) in [5, 5.41) is 43.4. The first-order valence-corrected chi connectivity index (χ1v) is 6.11. The fourth-order valence-electron chi connectivity index (χ4n) is 2.35. The number of nitrogens with zero attached hydrogens (tertiary/aromatic N) is 3. The fraction of sp³-hybridized carbons (Fsp3) is 0.545. The summed E-state index contributed by atoms with van der Waals surface area (Å²) >= 11 is 0. The first-order chi connectivity index (χ1) is 9.54. The van der Waals surface area contributed by atoms with Gasteiger partial charge in [0.15, 0.2) is 11.0 Å². The molecule has 20 heavy (non-hydrogen) atoms. The Balaban J connectivity index is 2.08. The number of nitrogens with one attached hydrogen (secondary N) is 2. The minimum Gasteiger partial charge on any atom is -0.394 e. The molecule has 0 unspecified atom stereocenters. The molecule has 0 aromatic carbocycles. The molecular weight excluding hydrogens is 266 g/mol. The van der Waals surface area contributed by atoms with E-state index in [4.69, 9.17) is 15.3 Å². The molecule has 3 rings (SSSR count). The number of H-pyrrole nitrogens is 1. The van der Waals surface area contributed by atoms with Crippen LogP contribution < -0.4 is 5.49 Å². The Kier molecular flexibility index (Phi) is 3.05. The summed E-state index contributed by atoms with van der Waals surface area (Å²) in [6, 6.07) is 0. The van der Waals surface area contributed by atoms with E-state index in [0.29, 0.717) is 16.7 Å². The van der Waals surface area contributed by atoms with Crippen LogP contribution in [0.5, 0.6) is 0 Å². The lowest BCUT2D eigenvalue weighted by atomic mass is 10.1. The minimum atomic E-state index is -1.19. The van der Waals surface area contributed by atoms with Gasteiger partial charge in [-0.1, -0.05) is 0 Å². The second-order valence-electron chi connectivity index (χ2n) is 4.80. The molecule has 1 aliphatic heterocycles. The second kappa shape index (κ2) is 4.63. The van der Waals surface area contributed by atoms with Crippen molar-refractivity contribution in [2.75, 3.05) is 6.61 Å². The molecule has 0 bridgehead atoms. The molecule has 1 fully saturated rings. The summed E-state index contributed by atoms with van der Waals surface area (Å²) in [7, 11) is 1.68. The van der Waals surface area contributed by atoms with Crippen LogP contribution in [0.15, 0.2) is 6.33 Å². The molecule has 2 aromatic heterocycles. The summed E-state index contributed by atoms with van der Waals surface area (Å²) in [5.74, 6) is 0. The number of aromatic amines is 1. The van der Waals surface area contributed by atoms with Crippen LogP contribution in [0.3, 0.4) is 0 Å². The van der Waals surface area contributed by atoms with E-state index in [1.165, 1.54) is 10.9 Å². The average molecular weight is 281 g/mol. The Morgan fingerprint density at radius 3 is 2.80 bits per heavy atom. The van der Waals surface area contributed by atoms with Gasteiger partial charge in [0.25, 0.3) is 0 Å². The Morgan fingerprint density at radius 2 is 2.15 bits per heavy atom. The molecule has 0 radical (unpaired) electrons. The van der Waals surface area contributed by atoms with Crippen LogP contribution in [-0.4, -0.2) is 60.0 Å². The molecule has 4 atom stereocenters. The molecule has 5 N–H and O–H groups in total. The molecule has 2 aromatic rings. The van der Waals surface area contributed by atoms with E-state index < -0.39 is 31.0 Å². The SMILES string of the molecule is Cn1cnc2c([C@H]3O[C@@H](CO)[C@H](O)[C@@H]3O)[nH]nc2c1=N. The molecule has 0 saturated carbocycles. The highest BCUT2D eigenvalue weighted by Gasteiger charge is 2.44. The van der Waals surface area contributed by atoms with Crippen LogP contribution in [-0.2, 0) is 11.8 Å². The number of rotatable bonds is 2. The minimum absolute atomic E-state index is 0.171. The first-order valence-electron chi connectivity index (χ1n) is 6.11. The summed E-state index contributed by atoms with van der Waals surface area (Å²) in [6.45, 7) is -0.396. The zero-order chi connectivity index (χ0) is 14.4. The number of hydrogen-bond acceptors (Lipinski definition) is 7. The van der Waals surface area contributed by atoms with E-state index in [0.717, 1.165) is 0 Å². The fourth-order valence-corrected chi connectivity index (χ4v) is 2.35. The summed E-state index contributed by atoms with van der Waals surface area (Å²) in [4.78, 5) is 4.17. The Hall–Kier alpha value is -1.81. The number of aliphatic hydroxyl groups excluding tert-OH is 3. The maximum Gasteiger partial charge on any atom is 0.156 e. The Bertz CT molecular complexity index is 696. The monoisotopic (exact) mass is 281 g/mol. The molecule has 0 amide bonds. The predicted molar refractivity (Wildman–Crippen MR) is 65.4 cm³/mol. The van der Waals surface area contributed by atoms with Gasteiger partial charge < -0.3 is 24.6 Å². The van der Waals surface area contributed by atoms with Gasteiger partial charge in [-0.05, 0) is 0 Å². The van der Waals surface area contributed by atoms with Gasteiger partial charge in [-0.3, -0.25) is 10.5 Å². The number of fused-ring (bicyclic) bond motifs is 1. The second-order valence-corrected chi connectivity index (χ2v) is 4.80. The van der Waals surface area contributed by atoms with Crippen LogP contribution in [0.25, 0.3) is 11.0 Å². The van der Waals surface area contributed by atoms with E-state index in [9.17, 15) is 10.2 Å². The maximum atomic E-state index is 10.0. The van der Waals surface area contributed by atoms with Crippen LogP contribution in [0, 0.1) is 5.41 Å². The standard InChI is InChI=1S/C11H15N5O4/c1-16-3-13-5-6(14-15-7(5)11(16)12)10-9(19)8(18)4(2-17)20-10/h3-4,8-10,12,17-19H,2H2,1H3,(H,14,15)/t4-,8-,9-,10+/m0/s1. The zero-order valence-electron chi connectivity index (χ0n) is 10.7. The number of aromatic nitrogens is 4. The van der Waals surface area contributed by atoms with E-state index in [2.05, 4.69) is 15.2 Å². The van der Waals surface area contributed by atoms with Crippen molar-refractivity contribution < 1.29 is 20.1 Å². The van der Waals surface area contributed by atoms with Gasteiger partial charge in [-0.25, -0.2) is 4.98 Å². The van der Waals surface area contributed by atoms with E-state index >= 15 is 0 Å². The predicted octanol–water partition coefficient (Wildman–Crippen LogP) is -2.07. The number of aliphatic hydroxyl groups is 3. The highest BCUT2D eigenvalue weighted by Crippen LogP contribution is 2.34. The van der Waals surface area contributed by atoms with Crippen LogP contribution in [0.2, 0.25) is 0 Å². The van der Waals surface area contributed by atoms with Crippen LogP contribution in [0.1, 0.15) is 11.8 Å². The number of ether oxygens (including phenoxy) is 1. The highest BCUT2D eigenvalue weighted by atomic mass is 16.6. The molecule has 3 heterocycles. The molecule has 1 aliphatic rings. The normalized spacial score (nSPS) is 30.2. The van der Waals surface area contributed by atoms with Crippen molar-refractivity contribution in [2.24, 2.45) is 7.05 Å². The number of aryl methyl sites for hydroxylation is 1. The van der Waals surface area contributed by atoms with Gasteiger partial charge in [-0.15, -0.1) is 0 Å². The summed E-state index contributed by atoms with van der Waals surface area (Å²) in [5.41, 5.74) is 1.31. The molecule has 108 valence electrons. The summed E-state index contributed by atoms with van der Waals surface area (Å²) in [6.07, 6.45) is -2.64. The zero-order valence-corrected chi connectivity index (χ0v) is 10.7. The van der Waals surface area contributed by atoms with E-state index in [-0.39, 0.29) is 5.49 Å². The maximum absolute atomic E-state index is 10.0. The Morgan fingerprint density at radius 1 is 1.40 bits per heavy atom. The lowest BCUT2D eigenvalue weighted by molar-refractivity contribution is -0.0236. The van der Waals surface area contributed by atoms with Crippen molar-refractivity contribution in [3.63, 3.8) is 0 Å². The lowest BCUT2D eigenvalue weighted by Gasteiger charge is -2.12. The van der Waals surface area contributed by atoms with Crippen molar-refractivity contribution in [3.05, 3.63) is 17.5 Å². The van der Waals surface area contributed by atoms with Crippen LogP contribution >= 0.6 is 0 Å². The quantitative estimate of drug-likeness (QED) is 0.428. The average Bonchev–Trinajstić information content (AvgIpc) is 2.98. The van der Waals surface area contributed by atoms with Gasteiger partial charge in [0.05, 0.1) is 18.6 Å². The van der Waals surface area contributed by atoms with Crippen molar-refractivity contribution in [3.8, 4) is 0 Å². The lowest BCUT2D eigenvalue weighted by Crippen LogP contribution is -2.32. The van der Waals surface area contributed by atoms with Gasteiger partial charge in [-0.2, -0.15) is 5.10 Å². The third kappa shape index (κ3) is 1.75. The van der Waals surface area contributed by atoms with Crippen molar-refractivity contribution >= 4 is 11.0 Å². The number of hydrogen-bond donors (Lipinski definition) is 5. The first kappa shape index (κ1) is 13.2. The molecule has 9 nitrogen and oxygen atoms in total. The van der Waals surface area contributed by atoms with Gasteiger partial charge in [0.1, 0.15) is 29.9 Å². The van der Waals surface area contributed by atoms with Gasteiger partial charge in [0, 0.05) is 7.05 Å². The Labute approximate surface area is 113 Å². The molecule has 0 aliphatic carbocycles. The molecule has 0 spiro atoms. The van der Waals surface area contributed by atoms with Gasteiger partial charge in [0.2, 0.25) is 0 Å². The van der Waals surface area contributed by atoms with Crippen molar-refractivity contribution in [1.82, 2.24) is 19.7 Å². The third-order valence-corrected chi connectivity index (χ3v) is 3.53. The molecular formula is C11H15N5O4. The summed E-state index contributed by atoms with van der Waals surface area (Å²) < 4.78 is 6.93. The third-order valence-electron chi connectivity index (χ3n) is 3.53. The van der Waals surface area contributed by atoms with E-state index in [1.54, 1.807) is 7.05 Å². The van der Waals surface area contributed by atoms with Gasteiger partial charge >= 0.3 is 0 Å². The largest absolute Gasteiger partial charge is 0.394 e.